The van der Waals surface area contributed by atoms with Crippen LogP contribution in [0.4, 0.5) is 35.5 Å². The molecule has 1 atom stereocenters. The molecule has 2 amide bonds. The number of alkyl halides is 3. The van der Waals surface area contributed by atoms with Gasteiger partial charge in [-0.2, -0.15) is 28.1 Å². The van der Waals surface area contributed by atoms with E-state index in [1.54, 1.807) is 23.1 Å². The molecule has 0 aliphatic carbocycles. The summed E-state index contributed by atoms with van der Waals surface area (Å²) in [6.45, 7) is 5.92. The molecule has 0 radical (unpaired) electrons. The van der Waals surface area contributed by atoms with Crippen molar-refractivity contribution >= 4 is 29.6 Å². The molecule has 6 bridgehead atoms. The largest absolute Gasteiger partial charge is 0.494 e. The maximum absolute atomic E-state index is 13.7. The van der Waals surface area contributed by atoms with Crippen molar-refractivity contribution < 1.29 is 41.7 Å². The predicted octanol–water partition coefficient (Wildman–Crippen LogP) is 7.80. The Kier molecular flexibility index (Phi) is 14.0. The van der Waals surface area contributed by atoms with E-state index in [1.165, 1.54) is 0 Å². The third-order valence-corrected chi connectivity index (χ3v) is 8.56. The van der Waals surface area contributed by atoms with Gasteiger partial charge in [-0.15, -0.1) is 0 Å². The molecular weight excluding hydrogens is 707 g/mol. The number of halogens is 3. The van der Waals surface area contributed by atoms with Gasteiger partial charge in [-0.25, -0.2) is 4.79 Å². The Labute approximate surface area is 313 Å². The topological polar surface area (TPSA) is 149 Å². The highest BCUT2D eigenvalue weighted by atomic mass is 19.4. The van der Waals surface area contributed by atoms with E-state index in [4.69, 9.17) is 18.9 Å². The zero-order valence-electron chi connectivity index (χ0n) is 31.1. The molecule has 6 rings (SSSR count). The zero-order chi connectivity index (χ0) is 38.6. The second-order valence-electron chi connectivity index (χ2n) is 14.4. The number of nitrogens with one attached hydrogen (secondary N) is 3. The zero-order valence-corrected chi connectivity index (χ0v) is 31.1. The fraction of sp³-hybridized carbons (Fsp3) is 0.553. The van der Waals surface area contributed by atoms with Crippen molar-refractivity contribution in [2.24, 2.45) is 0 Å². The van der Waals surface area contributed by atoms with Crippen molar-refractivity contribution in [1.82, 2.24) is 25.2 Å². The van der Waals surface area contributed by atoms with E-state index in [0.29, 0.717) is 50.6 Å². The first-order valence-electron chi connectivity index (χ1n) is 18.5. The third-order valence-electron chi connectivity index (χ3n) is 8.56. The molecule has 294 valence electrons. The molecule has 2 aromatic carbocycles. The van der Waals surface area contributed by atoms with Crippen LogP contribution in [0.25, 0.3) is 0 Å². The van der Waals surface area contributed by atoms with Gasteiger partial charge in [0.2, 0.25) is 11.9 Å². The predicted molar refractivity (Wildman–Crippen MR) is 196 cm³/mol. The molecule has 1 fully saturated rings. The van der Waals surface area contributed by atoms with Crippen LogP contribution < -0.4 is 30.2 Å². The molecule has 4 heterocycles. The van der Waals surface area contributed by atoms with Gasteiger partial charge in [0.15, 0.2) is 6.61 Å². The van der Waals surface area contributed by atoms with Crippen LogP contribution in [0.15, 0.2) is 42.5 Å². The van der Waals surface area contributed by atoms with E-state index < -0.39 is 30.5 Å². The molecule has 3 aromatic rings. The van der Waals surface area contributed by atoms with Gasteiger partial charge < -0.3 is 39.8 Å². The minimum atomic E-state index is -4.61. The molecule has 3 aliphatic heterocycles. The monoisotopic (exact) mass is 757 g/mol. The van der Waals surface area contributed by atoms with Crippen molar-refractivity contribution in [2.45, 2.75) is 103 Å². The number of hydrogen-bond donors (Lipinski definition) is 3. The summed E-state index contributed by atoms with van der Waals surface area (Å²) in [6, 6.07) is 11.5. The lowest BCUT2D eigenvalue weighted by Gasteiger charge is -2.34. The molecule has 54 heavy (non-hydrogen) atoms. The van der Waals surface area contributed by atoms with Crippen molar-refractivity contribution in [3.63, 3.8) is 0 Å². The van der Waals surface area contributed by atoms with Crippen LogP contribution in [0.2, 0.25) is 0 Å². The van der Waals surface area contributed by atoms with E-state index in [-0.39, 0.29) is 36.0 Å². The number of ether oxygens (including phenoxy) is 4. The number of nitrogens with zero attached hydrogens (tertiary/aromatic N) is 4. The lowest BCUT2D eigenvalue weighted by Crippen LogP contribution is -2.50. The quantitative estimate of drug-likeness (QED) is 0.239. The summed E-state index contributed by atoms with van der Waals surface area (Å²) in [5.74, 6) is 0.586. The van der Waals surface area contributed by atoms with Crippen LogP contribution in [0.3, 0.4) is 0 Å². The summed E-state index contributed by atoms with van der Waals surface area (Å²) in [5, 5.41) is 9.08. The number of hydrogen-bond acceptors (Lipinski definition) is 11. The van der Waals surface area contributed by atoms with E-state index in [1.807, 2.05) is 45.0 Å². The highest BCUT2D eigenvalue weighted by Crippen LogP contribution is 2.28. The van der Waals surface area contributed by atoms with Crippen LogP contribution in [0.5, 0.6) is 17.5 Å². The Hall–Kier alpha value is -5.02. The summed E-state index contributed by atoms with van der Waals surface area (Å²) in [5.41, 5.74) is 0.933. The molecule has 1 unspecified atom stereocenters. The van der Waals surface area contributed by atoms with E-state index >= 15 is 0 Å². The molecule has 16 heteroatoms. The van der Waals surface area contributed by atoms with Crippen molar-refractivity contribution in [2.75, 3.05) is 43.5 Å². The van der Waals surface area contributed by atoms with E-state index in [2.05, 4.69) is 30.9 Å². The third kappa shape index (κ3) is 13.4. The Morgan fingerprint density at radius 2 is 1.57 bits per heavy atom. The molecule has 1 saturated heterocycles. The number of carbonyl (C=O) groups is 2. The van der Waals surface area contributed by atoms with Crippen LogP contribution in [-0.4, -0.2) is 82.6 Å². The number of fused-ring (bicyclic) bond motifs is 13. The van der Waals surface area contributed by atoms with Gasteiger partial charge in [0.25, 0.3) is 5.91 Å². The number of piperidine rings is 1. The fourth-order valence-corrected chi connectivity index (χ4v) is 5.93. The molecule has 3 N–H and O–H groups in total. The summed E-state index contributed by atoms with van der Waals surface area (Å²) in [7, 11) is 0. The van der Waals surface area contributed by atoms with Gasteiger partial charge in [0.1, 0.15) is 17.1 Å². The normalized spacial score (nSPS) is 17.7. The number of amides is 2. The van der Waals surface area contributed by atoms with E-state index in [0.717, 1.165) is 56.3 Å². The van der Waals surface area contributed by atoms with Gasteiger partial charge in [-0.1, -0.05) is 44.2 Å². The number of aromatic nitrogens is 3. The number of likely N-dealkylation sites (tertiary alicyclic amines) is 1. The lowest BCUT2D eigenvalue weighted by molar-refractivity contribution is -0.154. The average Bonchev–Trinajstić information content (AvgIpc) is 3.11. The van der Waals surface area contributed by atoms with Crippen LogP contribution >= 0.6 is 0 Å². The van der Waals surface area contributed by atoms with Gasteiger partial charge >= 0.3 is 18.3 Å². The van der Waals surface area contributed by atoms with Crippen LogP contribution in [0, 0.1) is 0 Å². The molecule has 1 aromatic heterocycles. The minimum absolute atomic E-state index is 0.0140. The summed E-state index contributed by atoms with van der Waals surface area (Å²) >= 11 is 0. The maximum atomic E-state index is 13.7. The summed E-state index contributed by atoms with van der Waals surface area (Å²) in [4.78, 5) is 40.5. The first kappa shape index (κ1) is 40.2. The standard InChI is InChI=1S/C38H50F3N7O6/c1-37(2,3)54-36(50)48-19-11-12-28(24-48)43-32(49)30-18-15-27-22-31(30)52-21-10-8-6-4-5-7-9-20-51-29-16-13-26(14-17-29)23-42-33-45-34(44-27)47-35(46-33)53-25-38(39,40)41/h13-18,22,28H,4-12,19-21,23-25H2,1-3H3,(H,43,49)(H2,42,44,45,46,47). The summed E-state index contributed by atoms with van der Waals surface area (Å²) < 4.78 is 61.6. The van der Waals surface area contributed by atoms with Crippen LogP contribution in [-0.2, 0) is 11.3 Å². The molecule has 13 nitrogen and oxygen atoms in total. The Morgan fingerprint density at radius 1 is 0.889 bits per heavy atom. The molecule has 0 saturated carbocycles. The SMILES string of the molecule is CC(C)(C)OC(=O)N1CCCC(NC(=O)c2ccc3cc2OCCCCCCCCCOc2ccc(cc2)CNc2nc(nc(OCC(F)(F)F)n2)N3)C1. The van der Waals surface area contributed by atoms with Crippen molar-refractivity contribution in [1.29, 1.82) is 0 Å². The number of benzene rings is 2. The Balaban J connectivity index is 1.36. The smallest absolute Gasteiger partial charge is 0.422 e. The molecular formula is C38H50F3N7O6. The second-order valence-corrected chi connectivity index (χ2v) is 14.4. The number of anilines is 3. The Bertz CT molecular complexity index is 1690. The van der Waals surface area contributed by atoms with Crippen molar-refractivity contribution in [3.8, 4) is 17.5 Å². The first-order valence-corrected chi connectivity index (χ1v) is 18.5. The van der Waals surface area contributed by atoms with Gasteiger partial charge in [-0.05, 0) is 76.3 Å². The second kappa shape index (κ2) is 18.8. The van der Waals surface area contributed by atoms with Crippen molar-refractivity contribution in [3.05, 3.63) is 53.6 Å². The fourth-order valence-electron chi connectivity index (χ4n) is 5.93. The molecule has 0 spiro atoms. The number of carbonyl (C=O) groups excluding carboxylic acids is 2. The molecule has 3 aliphatic rings. The number of rotatable bonds is 4. The highest BCUT2D eigenvalue weighted by molar-refractivity contribution is 5.97. The van der Waals surface area contributed by atoms with Gasteiger partial charge in [0, 0.05) is 37.4 Å². The lowest BCUT2D eigenvalue weighted by atomic mass is 10.0. The van der Waals surface area contributed by atoms with Gasteiger partial charge in [0.05, 0.1) is 18.8 Å². The average molecular weight is 758 g/mol. The minimum Gasteiger partial charge on any atom is -0.494 e. The van der Waals surface area contributed by atoms with Crippen LogP contribution in [0.1, 0.15) is 94.5 Å². The highest BCUT2D eigenvalue weighted by Gasteiger charge is 2.30. The van der Waals surface area contributed by atoms with E-state index in [9.17, 15) is 22.8 Å². The first-order chi connectivity index (χ1) is 25.8. The Morgan fingerprint density at radius 3 is 2.28 bits per heavy atom. The maximum Gasteiger partial charge on any atom is 0.422 e. The summed E-state index contributed by atoms with van der Waals surface area (Å²) in [6.07, 6.45) is 3.35. The van der Waals surface area contributed by atoms with Gasteiger partial charge in [-0.3, -0.25) is 4.79 Å².